The molecular weight excluding hydrogens is 310 g/mol. The summed E-state index contributed by atoms with van der Waals surface area (Å²) in [6.07, 6.45) is 5.51. The molecule has 0 saturated heterocycles. The van der Waals surface area contributed by atoms with E-state index in [9.17, 15) is 8.78 Å². The summed E-state index contributed by atoms with van der Waals surface area (Å²) >= 11 is 0. The predicted molar refractivity (Wildman–Crippen MR) is 92.7 cm³/mol. The third-order valence-electron chi connectivity index (χ3n) is 3.45. The predicted octanol–water partition coefficient (Wildman–Crippen LogP) is 3.17. The highest BCUT2D eigenvalue weighted by Crippen LogP contribution is 2.20. The molecule has 1 aromatic rings. The van der Waals surface area contributed by atoms with Crippen molar-refractivity contribution in [2.45, 2.75) is 13.5 Å². The molecule has 4 nitrogen and oxygen atoms in total. The van der Waals surface area contributed by atoms with Crippen LogP contribution in [0.5, 0.6) is 0 Å². The van der Waals surface area contributed by atoms with Gasteiger partial charge in [-0.05, 0) is 30.7 Å². The van der Waals surface area contributed by atoms with Crippen molar-refractivity contribution in [1.29, 1.82) is 0 Å². The van der Waals surface area contributed by atoms with Crippen LogP contribution < -0.4 is 11.1 Å². The average Bonchev–Trinajstić information content (AvgIpc) is 2.57. The average molecular weight is 330 g/mol. The molecule has 0 amide bonds. The van der Waals surface area contributed by atoms with Gasteiger partial charge in [0.25, 0.3) is 0 Å². The van der Waals surface area contributed by atoms with Crippen molar-refractivity contribution >= 4 is 5.71 Å². The van der Waals surface area contributed by atoms with Gasteiger partial charge in [-0.15, -0.1) is 0 Å². The summed E-state index contributed by atoms with van der Waals surface area (Å²) in [4.78, 5) is 6.19. The minimum absolute atomic E-state index is 0.298. The van der Waals surface area contributed by atoms with Crippen LogP contribution in [0.25, 0.3) is 0 Å². The molecule has 0 unspecified atom stereocenters. The Morgan fingerprint density at radius 3 is 2.75 bits per heavy atom. The van der Waals surface area contributed by atoms with Gasteiger partial charge in [-0.3, -0.25) is 0 Å². The van der Waals surface area contributed by atoms with E-state index >= 15 is 0 Å². The van der Waals surface area contributed by atoms with E-state index in [0.29, 0.717) is 35.9 Å². The van der Waals surface area contributed by atoms with Crippen molar-refractivity contribution in [3.8, 4) is 0 Å². The minimum Gasteiger partial charge on any atom is -0.380 e. The highest BCUT2D eigenvalue weighted by Gasteiger charge is 2.17. The number of rotatable bonds is 6. The number of halogens is 2. The molecule has 126 valence electrons. The monoisotopic (exact) mass is 330 g/mol. The zero-order valence-corrected chi connectivity index (χ0v) is 13.5. The van der Waals surface area contributed by atoms with Crippen LogP contribution in [0.15, 0.2) is 71.9 Å². The summed E-state index contributed by atoms with van der Waals surface area (Å²) in [6, 6.07) is 3.75. The number of nitrogens with two attached hydrogens (primary N) is 1. The minimum atomic E-state index is -0.879. The van der Waals surface area contributed by atoms with Crippen molar-refractivity contribution in [2.75, 3.05) is 6.54 Å². The Labute approximate surface area is 140 Å². The second kappa shape index (κ2) is 7.70. The summed E-state index contributed by atoms with van der Waals surface area (Å²) in [5.41, 5.74) is 8.36. The molecule has 0 spiro atoms. The molecule has 2 rings (SSSR count). The van der Waals surface area contributed by atoms with Gasteiger partial charge in [0.15, 0.2) is 11.6 Å². The standard InChI is InChI=1S/C18H20F2N4/c1-4-7-24-13(3)23-18(9-15(24)10-21)12(2)22-11-14-5-6-16(19)17(20)8-14/h4-9,22H,2-3,10-11,21H2,1H3/b7-4-. The molecule has 1 aliphatic rings. The maximum atomic E-state index is 13.2. The number of nitrogens with zero attached hydrogens (tertiary/aromatic N) is 2. The van der Waals surface area contributed by atoms with Crippen LogP contribution in [0.2, 0.25) is 0 Å². The Morgan fingerprint density at radius 1 is 1.38 bits per heavy atom. The molecule has 0 bridgehead atoms. The Morgan fingerprint density at radius 2 is 2.12 bits per heavy atom. The van der Waals surface area contributed by atoms with Gasteiger partial charge in [0.1, 0.15) is 5.82 Å². The summed E-state index contributed by atoms with van der Waals surface area (Å²) in [6.45, 7) is 10.4. The van der Waals surface area contributed by atoms with Gasteiger partial charge in [0.2, 0.25) is 0 Å². The van der Waals surface area contributed by atoms with Crippen LogP contribution in [0.4, 0.5) is 8.78 Å². The molecule has 0 fully saturated rings. The second-order valence-electron chi connectivity index (χ2n) is 5.19. The van der Waals surface area contributed by atoms with Crippen LogP contribution in [0, 0.1) is 11.6 Å². The van der Waals surface area contributed by atoms with Crippen LogP contribution in [-0.4, -0.2) is 17.2 Å². The lowest BCUT2D eigenvalue weighted by molar-refractivity contribution is 0.506. The number of benzene rings is 1. The summed E-state index contributed by atoms with van der Waals surface area (Å²) < 4.78 is 26.2. The molecule has 1 heterocycles. The van der Waals surface area contributed by atoms with Crippen molar-refractivity contribution in [3.63, 3.8) is 0 Å². The van der Waals surface area contributed by atoms with Gasteiger partial charge >= 0.3 is 0 Å². The van der Waals surface area contributed by atoms with Crippen LogP contribution in [-0.2, 0) is 6.54 Å². The third-order valence-corrected chi connectivity index (χ3v) is 3.45. The topological polar surface area (TPSA) is 53.7 Å². The molecule has 6 heteroatoms. The zero-order valence-electron chi connectivity index (χ0n) is 13.5. The van der Waals surface area contributed by atoms with Crippen LogP contribution in [0.1, 0.15) is 12.5 Å². The normalized spacial score (nSPS) is 14.7. The molecule has 1 aromatic carbocycles. The van der Waals surface area contributed by atoms with E-state index in [2.05, 4.69) is 23.5 Å². The third kappa shape index (κ3) is 3.97. The molecule has 0 radical (unpaired) electrons. The number of hydrogen-bond donors (Lipinski definition) is 2. The van der Waals surface area contributed by atoms with E-state index < -0.39 is 11.6 Å². The van der Waals surface area contributed by atoms with Gasteiger partial charge in [-0.1, -0.05) is 25.3 Å². The largest absolute Gasteiger partial charge is 0.380 e. The summed E-state index contributed by atoms with van der Waals surface area (Å²) in [5.74, 6) is -1.22. The Hall–Kier alpha value is -2.73. The molecule has 0 aromatic heterocycles. The first kappa shape index (κ1) is 17.6. The number of allylic oxidation sites excluding steroid dienone is 2. The van der Waals surface area contributed by atoms with E-state index in [1.165, 1.54) is 6.07 Å². The van der Waals surface area contributed by atoms with Crippen molar-refractivity contribution in [2.24, 2.45) is 10.7 Å². The number of nitrogens with one attached hydrogen (secondary N) is 1. The van der Waals surface area contributed by atoms with E-state index in [1.54, 1.807) is 4.90 Å². The van der Waals surface area contributed by atoms with Crippen LogP contribution in [0.3, 0.4) is 0 Å². The summed E-state index contributed by atoms with van der Waals surface area (Å²) in [7, 11) is 0. The SMILES string of the molecule is C=C(NCc1ccc(F)c(F)c1)C1=NC(=C)N(/C=C\C)C(CN)=C1. The quantitative estimate of drug-likeness (QED) is 0.842. The fraction of sp³-hybridized carbons (Fsp3) is 0.167. The Balaban J connectivity index is 2.09. The number of hydrogen-bond acceptors (Lipinski definition) is 4. The maximum Gasteiger partial charge on any atom is 0.159 e. The molecule has 0 aliphatic carbocycles. The smallest absolute Gasteiger partial charge is 0.159 e. The first-order valence-electron chi connectivity index (χ1n) is 7.43. The maximum absolute atomic E-state index is 13.2. The van der Waals surface area contributed by atoms with Crippen molar-refractivity contribution < 1.29 is 8.78 Å². The van der Waals surface area contributed by atoms with Gasteiger partial charge in [0, 0.05) is 25.0 Å². The first-order chi connectivity index (χ1) is 11.5. The lowest BCUT2D eigenvalue weighted by Gasteiger charge is -2.27. The van der Waals surface area contributed by atoms with Crippen molar-refractivity contribution in [3.05, 3.63) is 84.1 Å². The fourth-order valence-corrected chi connectivity index (χ4v) is 2.21. The summed E-state index contributed by atoms with van der Waals surface area (Å²) in [5, 5.41) is 3.05. The van der Waals surface area contributed by atoms with E-state index in [0.717, 1.165) is 17.8 Å². The van der Waals surface area contributed by atoms with Gasteiger partial charge < -0.3 is 16.0 Å². The number of aliphatic imine (C=N–C) groups is 1. The molecule has 0 saturated carbocycles. The molecule has 1 aliphatic heterocycles. The lowest BCUT2D eigenvalue weighted by Crippen LogP contribution is -2.28. The Kier molecular flexibility index (Phi) is 5.65. The molecule has 3 N–H and O–H groups in total. The highest BCUT2D eigenvalue weighted by atomic mass is 19.2. The van der Waals surface area contributed by atoms with E-state index in [-0.39, 0.29) is 0 Å². The second-order valence-corrected chi connectivity index (χ2v) is 5.19. The molecular formula is C18H20F2N4. The van der Waals surface area contributed by atoms with Gasteiger partial charge in [-0.25, -0.2) is 13.8 Å². The van der Waals surface area contributed by atoms with Gasteiger partial charge in [-0.2, -0.15) is 0 Å². The van der Waals surface area contributed by atoms with E-state index in [1.807, 2.05) is 25.3 Å². The first-order valence-corrected chi connectivity index (χ1v) is 7.43. The van der Waals surface area contributed by atoms with Gasteiger partial charge in [0.05, 0.1) is 11.4 Å². The Bertz CT molecular complexity index is 747. The van der Waals surface area contributed by atoms with Crippen LogP contribution >= 0.6 is 0 Å². The molecule has 24 heavy (non-hydrogen) atoms. The lowest BCUT2D eigenvalue weighted by atomic mass is 10.1. The highest BCUT2D eigenvalue weighted by molar-refractivity contribution is 6.09. The van der Waals surface area contributed by atoms with E-state index in [4.69, 9.17) is 5.73 Å². The fourth-order valence-electron chi connectivity index (χ4n) is 2.21. The molecule has 0 atom stereocenters. The zero-order chi connectivity index (χ0) is 17.7. The van der Waals surface area contributed by atoms with Crippen molar-refractivity contribution in [1.82, 2.24) is 10.2 Å².